The molecule has 2 nitrogen and oxygen atoms in total. The monoisotopic (exact) mass is 180 g/mol. The summed E-state index contributed by atoms with van der Waals surface area (Å²) in [4.78, 5) is 10.6. The van der Waals surface area contributed by atoms with Gasteiger partial charge in [-0.2, -0.15) is 0 Å². The van der Waals surface area contributed by atoms with Crippen LogP contribution in [-0.2, 0) is 4.79 Å². The highest BCUT2D eigenvalue weighted by Crippen LogP contribution is 2.12. The first-order chi connectivity index (χ1) is 5.99. The van der Waals surface area contributed by atoms with E-state index in [0.29, 0.717) is 0 Å². The van der Waals surface area contributed by atoms with Gasteiger partial charge in [0.25, 0.3) is 0 Å². The molecule has 0 fully saturated rings. The lowest BCUT2D eigenvalue weighted by Crippen LogP contribution is -2.10. The molecule has 2 heteroatoms. The molecule has 0 aromatic rings. The number of allylic oxidation sites excluding steroid dienone is 4. The van der Waals surface area contributed by atoms with E-state index in [2.05, 4.69) is 6.58 Å². The molecule has 0 aliphatic rings. The molecule has 0 saturated carbocycles. The number of carboxylic acids is 1. The molecule has 0 amide bonds. The summed E-state index contributed by atoms with van der Waals surface area (Å²) in [5, 5.41) is 8.74. The first-order valence-electron chi connectivity index (χ1n) is 4.19. The molecular weight excluding hydrogens is 164 g/mol. The normalized spacial score (nSPS) is 13.3. The summed E-state index contributed by atoms with van der Waals surface area (Å²) in [6.45, 7) is 9.15. The third kappa shape index (κ3) is 4.31. The first kappa shape index (κ1) is 11.7. The van der Waals surface area contributed by atoms with E-state index in [1.807, 2.05) is 19.9 Å². The van der Waals surface area contributed by atoms with Crippen LogP contribution in [0.15, 0.2) is 36.0 Å². The molecule has 13 heavy (non-hydrogen) atoms. The smallest absolute Gasteiger partial charge is 0.310 e. The summed E-state index contributed by atoms with van der Waals surface area (Å²) >= 11 is 0. The van der Waals surface area contributed by atoms with Crippen LogP contribution in [0.1, 0.15) is 20.8 Å². The lowest BCUT2D eigenvalue weighted by molar-refractivity contribution is -0.139. The number of carbonyl (C=O) groups is 1. The summed E-state index contributed by atoms with van der Waals surface area (Å²) in [5.74, 6) is -1.32. The van der Waals surface area contributed by atoms with Crippen LogP contribution in [0.4, 0.5) is 0 Å². The fraction of sp³-hybridized carbons (Fsp3) is 0.364. The van der Waals surface area contributed by atoms with E-state index in [0.717, 1.165) is 11.1 Å². The summed E-state index contributed by atoms with van der Waals surface area (Å²) < 4.78 is 0. The summed E-state index contributed by atoms with van der Waals surface area (Å²) in [6, 6.07) is 0. The van der Waals surface area contributed by atoms with Crippen molar-refractivity contribution in [1.29, 1.82) is 0 Å². The zero-order valence-electron chi connectivity index (χ0n) is 8.37. The quantitative estimate of drug-likeness (QED) is 0.675. The SMILES string of the molecule is C=C/C(=C\C=C(C)C)[C@H](C)C(=O)O. The molecule has 0 spiro atoms. The maximum Gasteiger partial charge on any atom is 0.310 e. The predicted molar refractivity (Wildman–Crippen MR) is 54.5 cm³/mol. The van der Waals surface area contributed by atoms with Crippen LogP contribution >= 0.6 is 0 Å². The Morgan fingerprint density at radius 1 is 1.38 bits per heavy atom. The number of carboxylic acid groups (broad SMARTS) is 1. The van der Waals surface area contributed by atoms with Gasteiger partial charge in [0.2, 0.25) is 0 Å². The van der Waals surface area contributed by atoms with Crippen molar-refractivity contribution < 1.29 is 9.90 Å². The van der Waals surface area contributed by atoms with Gasteiger partial charge >= 0.3 is 5.97 Å². The van der Waals surface area contributed by atoms with Crippen molar-refractivity contribution >= 4 is 5.97 Å². The van der Waals surface area contributed by atoms with E-state index in [-0.39, 0.29) is 0 Å². The Morgan fingerprint density at radius 3 is 2.23 bits per heavy atom. The highest BCUT2D eigenvalue weighted by molar-refractivity contribution is 5.74. The van der Waals surface area contributed by atoms with E-state index in [9.17, 15) is 4.79 Å². The van der Waals surface area contributed by atoms with Crippen LogP contribution in [0.2, 0.25) is 0 Å². The predicted octanol–water partition coefficient (Wildman–Crippen LogP) is 2.79. The van der Waals surface area contributed by atoms with Crippen molar-refractivity contribution in [2.24, 2.45) is 5.92 Å². The molecule has 0 aliphatic heterocycles. The highest BCUT2D eigenvalue weighted by atomic mass is 16.4. The van der Waals surface area contributed by atoms with Crippen molar-refractivity contribution in [1.82, 2.24) is 0 Å². The van der Waals surface area contributed by atoms with Crippen LogP contribution < -0.4 is 0 Å². The number of hydrogen-bond donors (Lipinski definition) is 1. The molecule has 72 valence electrons. The Labute approximate surface area is 79.3 Å². The molecule has 0 unspecified atom stereocenters. The molecule has 0 aromatic carbocycles. The van der Waals surface area contributed by atoms with Crippen molar-refractivity contribution in [2.75, 3.05) is 0 Å². The van der Waals surface area contributed by atoms with Crippen LogP contribution in [0.3, 0.4) is 0 Å². The van der Waals surface area contributed by atoms with Crippen molar-refractivity contribution in [3.8, 4) is 0 Å². The van der Waals surface area contributed by atoms with Gasteiger partial charge < -0.3 is 5.11 Å². The molecular formula is C11H16O2. The molecule has 1 atom stereocenters. The average molecular weight is 180 g/mol. The van der Waals surface area contributed by atoms with E-state index in [1.165, 1.54) is 0 Å². The minimum Gasteiger partial charge on any atom is -0.481 e. The number of rotatable bonds is 4. The van der Waals surface area contributed by atoms with Crippen molar-refractivity contribution in [2.45, 2.75) is 20.8 Å². The number of aliphatic carboxylic acids is 1. The Morgan fingerprint density at radius 2 is 1.92 bits per heavy atom. The third-order valence-electron chi connectivity index (χ3n) is 1.72. The second-order valence-corrected chi connectivity index (χ2v) is 3.17. The highest BCUT2D eigenvalue weighted by Gasteiger charge is 2.12. The summed E-state index contributed by atoms with van der Waals surface area (Å²) in [7, 11) is 0. The van der Waals surface area contributed by atoms with Gasteiger partial charge in [0.05, 0.1) is 5.92 Å². The van der Waals surface area contributed by atoms with Crippen LogP contribution in [0.5, 0.6) is 0 Å². The molecule has 1 N–H and O–H groups in total. The fourth-order valence-corrected chi connectivity index (χ4v) is 0.795. The van der Waals surface area contributed by atoms with E-state index in [1.54, 1.807) is 19.1 Å². The van der Waals surface area contributed by atoms with Crippen LogP contribution in [0.25, 0.3) is 0 Å². The molecule has 0 aliphatic carbocycles. The van der Waals surface area contributed by atoms with Crippen LogP contribution in [-0.4, -0.2) is 11.1 Å². The van der Waals surface area contributed by atoms with Gasteiger partial charge in [-0.3, -0.25) is 4.79 Å². The van der Waals surface area contributed by atoms with E-state index < -0.39 is 11.9 Å². The average Bonchev–Trinajstić information content (AvgIpc) is 2.04. The molecule has 0 radical (unpaired) electrons. The topological polar surface area (TPSA) is 37.3 Å². The third-order valence-corrected chi connectivity index (χ3v) is 1.72. The van der Waals surface area contributed by atoms with Gasteiger partial charge in [-0.25, -0.2) is 0 Å². The summed E-state index contributed by atoms with van der Waals surface area (Å²) in [5.41, 5.74) is 1.87. The second-order valence-electron chi connectivity index (χ2n) is 3.17. The molecule has 0 rings (SSSR count). The van der Waals surface area contributed by atoms with E-state index in [4.69, 9.17) is 5.11 Å². The largest absolute Gasteiger partial charge is 0.481 e. The van der Waals surface area contributed by atoms with Gasteiger partial charge in [-0.1, -0.05) is 30.4 Å². The standard InChI is InChI=1S/C11H16O2/c1-5-10(7-6-8(2)3)9(4)11(12)13/h5-7,9H,1H2,2-4H3,(H,12,13)/b10-7+/t9-/m0/s1. The Hall–Kier alpha value is -1.31. The molecule has 0 bridgehead atoms. The molecule has 0 saturated heterocycles. The minimum atomic E-state index is -0.826. The number of hydrogen-bond acceptors (Lipinski definition) is 1. The van der Waals surface area contributed by atoms with Crippen LogP contribution in [0, 0.1) is 5.92 Å². The second kappa shape index (κ2) is 5.36. The van der Waals surface area contributed by atoms with Gasteiger partial charge in [0, 0.05) is 0 Å². The van der Waals surface area contributed by atoms with Gasteiger partial charge in [0.15, 0.2) is 0 Å². The maximum absolute atomic E-state index is 10.6. The maximum atomic E-state index is 10.6. The van der Waals surface area contributed by atoms with Crippen molar-refractivity contribution in [3.63, 3.8) is 0 Å². The lowest BCUT2D eigenvalue weighted by atomic mass is 10.0. The Balaban J connectivity index is 4.69. The zero-order valence-corrected chi connectivity index (χ0v) is 8.37. The molecule has 0 aromatic heterocycles. The zero-order chi connectivity index (χ0) is 10.4. The van der Waals surface area contributed by atoms with Crippen molar-refractivity contribution in [3.05, 3.63) is 36.0 Å². The lowest BCUT2D eigenvalue weighted by Gasteiger charge is -2.05. The summed E-state index contributed by atoms with van der Waals surface area (Å²) in [6.07, 6.45) is 5.26. The Kier molecular flexibility index (Phi) is 4.82. The first-order valence-corrected chi connectivity index (χ1v) is 4.19. The van der Waals surface area contributed by atoms with E-state index >= 15 is 0 Å². The van der Waals surface area contributed by atoms with Gasteiger partial charge in [0.1, 0.15) is 0 Å². The van der Waals surface area contributed by atoms with Gasteiger partial charge in [-0.15, -0.1) is 0 Å². The molecule has 0 heterocycles. The van der Waals surface area contributed by atoms with Gasteiger partial charge in [-0.05, 0) is 26.3 Å². The fourth-order valence-electron chi connectivity index (χ4n) is 0.795. The minimum absolute atomic E-state index is 0.493. The Bertz CT molecular complexity index is 255.